The zero-order valence-corrected chi connectivity index (χ0v) is 10.8. The molecule has 1 aliphatic heterocycles. The summed E-state index contributed by atoms with van der Waals surface area (Å²) in [5.74, 6) is -0.799. The van der Waals surface area contributed by atoms with Crippen molar-refractivity contribution < 1.29 is 14.0 Å². The van der Waals surface area contributed by atoms with Crippen LogP contribution in [0.1, 0.15) is 31.4 Å². The van der Waals surface area contributed by atoms with Crippen molar-refractivity contribution >= 4 is 11.8 Å². The van der Waals surface area contributed by atoms with Crippen LogP contribution in [0, 0.1) is 11.7 Å². The third-order valence-electron chi connectivity index (χ3n) is 3.33. The van der Waals surface area contributed by atoms with Crippen molar-refractivity contribution in [2.75, 3.05) is 6.54 Å². The highest BCUT2D eigenvalue weighted by Crippen LogP contribution is 2.22. The SMILES string of the molecule is CC1CC(=O)N(CC(N)c2ccccc2F)C(=O)C1. The Balaban J connectivity index is 2.11. The first-order chi connectivity index (χ1) is 8.99. The van der Waals surface area contributed by atoms with Crippen molar-refractivity contribution in [3.05, 3.63) is 35.6 Å². The van der Waals surface area contributed by atoms with Gasteiger partial charge in [-0.25, -0.2) is 4.39 Å². The number of rotatable bonds is 3. The van der Waals surface area contributed by atoms with Crippen molar-refractivity contribution in [3.63, 3.8) is 0 Å². The van der Waals surface area contributed by atoms with E-state index in [-0.39, 0.29) is 24.3 Å². The summed E-state index contributed by atoms with van der Waals surface area (Å²) in [4.78, 5) is 24.8. The number of piperidine rings is 1. The second-order valence-electron chi connectivity index (χ2n) is 5.04. The molecule has 2 N–H and O–H groups in total. The maximum absolute atomic E-state index is 13.6. The van der Waals surface area contributed by atoms with Crippen LogP contribution in [0.5, 0.6) is 0 Å². The number of hydrogen-bond donors (Lipinski definition) is 1. The molecule has 5 heteroatoms. The molecule has 0 radical (unpaired) electrons. The molecule has 102 valence electrons. The highest BCUT2D eigenvalue weighted by molar-refractivity contribution is 5.97. The predicted molar refractivity (Wildman–Crippen MR) is 68.4 cm³/mol. The molecular weight excluding hydrogens is 247 g/mol. The third kappa shape index (κ3) is 2.98. The van der Waals surface area contributed by atoms with Gasteiger partial charge in [-0.05, 0) is 12.0 Å². The average Bonchev–Trinajstić information content (AvgIpc) is 2.34. The fourth-order valence-electron chi connectivity index (χ4n) is 2.30. The first kappa shape index (κ1) is 13.7. The summed E-state index contributed by atoms with van der Waals surface area (Å²) >= 11 is 0. The standard InChI is InChI=1S/C14H17FN2O2/c1-9-6-13(18)17(14(19)7-9)8-12(16)10-4-2-3-5-11(10)15/h2-5,9,12H,6-8,16H2,1H3. The molecule has 1 aliphatic rings. The second-order valence-corrected chi connectivity index (χ2v) is 5.04. The van der Waals surface area contributed by atoms with Gasteiger partial charge < -0.3 is 5.73 Å². The van der Waals surface area contributed by atoms with Gasteiger partial charge >= 0.3 is 0 Å². The van der Waals surface area contributed by atoms with Gasteiger partial charge in [0.1, 0.15) is 5.82 Å². The van der Waals surface area contributed by atoms with Crippen LogP contribution in [0.3, 0.4) is 0 Å². The fourth-order valence-corrected chi connectivity index (χ4v) is 2.30. The van der Waals surface area contributed by atoms with Crippen LogP contribution in [-0.2, 0) is 9.59 Å². The zero-order valence-electron chi connectivity index (χ0n) is 10.8. The summed E-state index contributed by atoms with van der Waals surface area (Å²) in [6.45, 7) is 1.90. The van der Waals surface area contributed by atoms with Crippen molar-refractivity contribution in [2.45, 2.75) is 25.8 Å². The van der Waals surface area contributed by atoms with Crippen LogP contribution >= 0.6 is 0 Å². The molecule has 2 amide bonds. The molecule has 0 aromatic heterocycles. The van der Waals surface area contributed by atoms with E-state index in [4.69, 9.17) is 5.73 Å². The summed E-state index contributed by atoms with van der Waals surface area (Å²) in [6.07, 6.45) is 0.686. The van der Waals surface area contributed by atoms with E-state index in [9.17, 15) is 14.0 Å². The van der Waals surface area contributed by atoms with Crippen molar-refractivity contribution in [2.24, 2.45) is 11.7 Å². The molecule has 1 heterocycles. The van der Waals surface area contributed by atoms with E-state index < -0.39 is 11.9 Å². The Morgan fingerprint density at radius 3 is 2.47 bits per heavy atom. The maximum atomic E-state index is 13.6. The Labute approximate surface area is 111 Å². The molecule has 0 saturated carbocycles. The van der Waals surface area contributed by atoms with Crippen molar-refractivity contribution in [1.29, 1.82) is 0 Å². The van der Waals surface area contributed by atoms with Crippen LogP contribution in [0.25, 0.3) is 0 Å². The number of imide groups is 1. The Morgan fingerprint density at radius 2 is 1.89 bits per heavy atom. The number of nitrogens with two attached hydrogens (primary N) is 1. The van der Waals surface area contributed by atoms with Gasteiger partial charge in [-0.2, -0.15) is 0 Å². The summed E-state index contributed by atoms with van der Waals surface area (Å²) in [7, 11) is 0. The van der Waals surface area contributed by atoms with E-state index in [1.54, 1.807) is 18.2 Å². The molecule has 1 aromatic carbocycles. The van der Waals surface area contributed by atoms with E-state index in [1.807, 2.05) is 6.92 Å². The van der Waals surface area contributed by atoms with Gasteiger partial charge in [-0.15, -0.1) is 0 Å². The van der Waals surface area contributed by atoms with Gasteiger partial charge in [-0.1, -0.05) is 25.1 Å². The lowest BCUT2D eigenvalue weighted by Crippen LogP contribution is -2.46. The number of hydrogen-bond acceptors (Lipinski definition) is 3. The van der Waals surface area contributed by atoms with E-state index in [0.717, 1.165) is 4.90 Å². The van der Waals surface area contributed by atoms with Crippen LogP contribution in [-0.4, -0.2) is 23.3 Å². The molecule has 19 heavy (non-hydrogen) atoms. The second kappa shape index (κ2) is 5.48. The predicted octanol–water partition coefficient (Wildman–Crippen LogP) is 1.61. The Hall–Kier alpha value is -1.75. The number of carbonyl (C=O) groups is 2. The zero-order chi connectivity index (χ0) is 14.0. The summed E-state index contributed by atoms with van der Waals surface area (Å²) < 4.78 is 13.6. The van der Waals surface area contributed by atoms with E-state index in [1.165, 1.54) is 6.07 Å². The lowest BCUT2D eigenvalue weighted by Gasteiger charge is -2.30. The molecule has 2 rings (SSSR count). The molecule has 1 saturated heterocycles. The third-order valence-corrected chi connectivity index (χ3v) is 3.33. The molecule has 1 unspecified atom stereocenters. The van der Waals surface area contributed by atoms with Crippen LogP contribution < -0.4 is 5.73 Å². The summed E-state index contributed by atoms with van der Waals surface area (Å²) in [5, 5.41) is 0. The number of nitrogens with zero attached hydrogens (tertiary/aromatic N) is 1. The number of amides is 2. The Morgan fingerprint density at radius 1 is 1.32 bits per heavy atom. The molecule has 1 atom stereocenters. The van der Waals surface area contributed by atoms with Gasteiger partial charge in [0, 0.05) is 24.9 Å². The maximum Gasteiger partial charge on any atom is 0.229 e. The minimum Gasteiger partial charge on any atom is -0.322 e. The quantitative estimate of drug-likeness (QED) is 0.844. The number of carbonyl (C=O) groups excluding carboxylic acids is 2. The number of likely N-dealkylation sites (tertiary alicyclic amines) is 1. The average molecular weight is 264 g/mol. The molecule has 4 nitrogen and oxygen atoms in total. The first-order valence-electron chi connectivity index (χ1n) is 6.32. The van der Waals surface area contributed by atoms with Gasteiger partial charge in [-0.3, -0.25) is 14.5 Å². The first-order valence-corrected chi connectivity index (χ1v) is 6.32. The van der Waals surface area contributed by atoms with Gasteiger partial charge in [0.15, 0.2) is 0 Å². The van der Waals surface area contributed by atoms with E-state index in [0.29, 0.717) is 18.4 Å². The minimum absolute atomic E-state index is 0.0331. The smallest absolute Gasteiger partial charge is 0.229 e. The molecule has 1 aromatic rings. The van der Waals surface area contributed by atoms with Gasteiger partial charge in [0.2, 0.25) is 11.8 Å². The highest BCUT2D eigenvalue weighted by Gasteiger charge is 2.31. The lowest BCUT2D eigenvalue weighted by molar-refractivity contribution is -0.150. The monoisotopic (exact) mass is 264 g/mol. The summed E-state index contributed by atoms with van der Waals surface area (Å²) in [5.41, 5.74) is 6.22. The van der Waals surface area contributed by atoms with Gasteiger partial charge in [0.05, 0.1) is 6.04 Å². The minimum atomic E-state index is -0.692. The van der Waals surface area contributed by atoms with Crippen LogP contribution in [0.15, 0.2) is 24.3 Å². The largest absolute Gasteiger partial charge is 0.322 e. The number of halogens is 1. The van der Waals surface area contributed by atoms with Crippen LogP contribution in [0.2, 0.25) is 0 Å². The number of benzene rings is 1. The van der Waals surface area contributed by atoms with Crippen molar-refractivity contribution in [3.8, 4) is 0 Å². The molecule has 0 aliphatic carbocycles. The Kier molecular flexibility index (Phi) is 3.95. The topological polar surface area (TPSA) is 63.4 Å². The van der Waals surface area contributed by atoms with Crippen molar-refractivity contribution in [1.82, 2.24) is 4.90 Å². The molecular formula is C14H17FN2O2. The van der Waals surface area contributed by atoms with E-state index in [2.05, 4.69) is 0 Å². The molecule has 0 spiro atoms. The van der Waals surface area contributed by atoms with E-state index >= 15 is 0 Å². The lowest BCUT2D eigenvalue weighted by atomic mass is 9.96. The normalized spacial score (nSPS) is 18.8. The van der Waals surface area contributed by atoms with Crippen LogP contribution in [0.4, 0.5) is 4.39 Å². The molecule has 0 bridgehead atoms. The highest BCUT2D eigenvalue weighted by atomic mass is 19.1. The molecule has 1 fully saturated rings. The Bertz CT molecular complexity index is 486. The van der Waals surface area contributed by atoms with Gasteiger partial charge in [0.25, 0.3) is 0 Å². The fraction of sp³-hybridized carbons (Fsp3) is 0.429. The summed E-state index contributed by atoms with van der Waals surface area (Å²) in [6, 6.07) is 5.45.